The smallest absolute Gasteiger partial charge is 0.411 e. The van der Waals surface area contributed by atoms with E-state index in [9.17, 15) is 14.7 Å². The van der Waals surface area contributed by atoms with Gasteiger partial charge in [-0.15, -0.1) is 11.3 Å². The van der Waals surface area contributed by atoms with Crippen LogP contribution in [0.3, 0.4) is 0 Å². The van der Waals surface area contributed by atoms with E-state index in [-0.39, 0.29) is 18.9 Å². The highest BCUT2D eigenvalue weighted by molar-refractivity contribution is 7.15. The number of nitrogens with one attached hydrogen (secondary N) is 1. The van der Waals surface area contributed by atoms with E-state index in [0.717, 1.165) is 10.4 Å². The maximum absolute atomic E-state index is 12.0. The predicted octanol–water partition coefficient (Wildman–Crippen LogP) is 4.35. The Hall–Kier alpha value is -2.41. The van der Waals surface area contributed by atoms with Crippen LogP contribution in [0.1, 0.15) is 43.0 Å². The number of carbonyl (C=O) groups is 2. The summed E-state index contributed by atoms with van der Waals surface area (Å²) < 4.78 is 0. The van der Waals surface area contributed by atoms with Gasteiger partial charge in [0.05, 0.1) is 0 Å². The quantitative estimate of drug-likeness (QED) is 0.769. The van der Waals surface area contributed by atoms with Crippen molar-refractivity contribution in [2.24, 2.45) is 0 Å². The van der Waals surface area contributed by atoms with E-state index in [0.29, 0.717) is 23.2 Å². The van der Waals surface area contributed by atoms with Gasteiger partial charge >= 0.3 is 6.09 Å². The molecule has 0 bridgehead atoms. The normalized spacial score (nSPS) is 10.7. The standard InChI is InChI=1S/C18H22N3O3S/c1-12(2)15-11-19-17(25-15)20-16(22)5-4-10-21(18(23)24)14-8-6-13(3)7-9-14/h6-9,11-12H,3-5,10H2,1-2H3,(H,23,24)(H,19,20,22). The molecule has 0 aliphatic heterocycles. The second-order valence-electron chi connectivity index (χ2n) is 5.97. The molecule has 0 saturated carbocycles. The molecule has 2 aromatic rings. The molecule has 2 N–H and O–H groups in total. The van der Waals surface area contributed by atoms with Crippen molar-refractivity contribution in [2.75, 3.05) is 16.8 Å². The molecule has 1 aromatic heterocycles. The van der Waals surface area contributed by atoms with Gasteiger partial charge in [0.2, 0.25) is 5.91 Å². The minimum absolute atomic E-state index is 0.164. The van der Waals surface area contributed by atoms with Crippen LogP contribution in [-0.4, -0.2) is 28.6 Å². The molecule has 0 aliphatic rings. The number of rotatable bonds is 7. The Morgan fingerprint density at radius 1 is 1.32 bits per heavy atom. The van der Waals surface area contributed by atoms with Crippen LogP contribution in [0.5, 0.6) is 0 Å². The van der Waals surface area contributed by atoms with Crippen LogP contribution in [-0.2, 0) is 4.79 Å². The number of carbonyl (C=O) groups excluding carboxylic acids is 1. The zero-order chi connectivity index (χ0) is 18.4. The first-order chi connectivity index (χ1) is 11.9. The summed E-state index contributed by atoms with van der Waals surface area (Å²) in [5.41, 5.74) is 1.39. The number of hydrogen-bond donors (Lipinski definition) is 2. The molecule has 1 aromatic carbocycles. The molecule has 0 atom stereocenters. The summed E-state index contributed by atoms with van der Waals surface area (Å²) in [5.74, 6) is 0.208. The van der Waals surface area contributed by atoms with Crippen molar-refractivity contribution in [1.82, 2.24) is 4.98 Å². The molecule has 0 saturated heterocycles. The summed E-state index contributed by atoms with van der Waals surface area (Å²) in [7, 11) is 0. The van der Waals surface area contributed by atoms with Crippen molar-refractivity contribution in [2.45, 2.75) is 32.6 Å². The zero-order valence-electron chi connectivity index (χ0n) is 14.4. The van der Waals surface area contributed by atoms with Crippen LogP contribution in [0.2, 0.25) is 0 Å². The molecule has 2 rings (SSSR count). The van der Waals surface area contributed by atoms with Gasteiger partial charge < -0.3 is 10.4 Å². The molecule has 1 radical (unpaired) electrons. The average Bonchev–Trinajstić information content (AvgIpc) is 3.01. The number of aromatic nitrogens is 1. The Labute approximate surface area is 151 Å². The number of amides is 2. The highest BCUT2D eigenvalue weighted by Crippen LogP contribution is 2.25. The van der Waals surface area contributed by atoms with Crippen LogP contribution in [0.15, 0.2) is 30.5 Å². The molecule has 1 heterocycles. The van der Waals surface area contributed by atoms with Crippen molar-refractivity contribution in [3.8, 4) is 0 Å². The monoisotopic (exact) mass is 360 g/mol. The highest BCUT2D eigenvalue weighted by atomic mass is 32.1. The fraction of sp³-hybridized carbons (Fsp3) is 0.333. The molecule has 2 amide bonds. The second-order valence-corrected chi connectivity index (χ2v) is 7.04. The number of thiazole rings is 1. The Morgan fingerprint density at radius 3 is 2.56 bits per heavy atom. The number of nitrogens with zero attached hydrogens (tertiary/aromatic N) is 2. The van der Waals surface area contributed by atoms with Gasteiger partial charge in [-0.3, -0.25) is 9.69 Å². The van der Waals surface area contributed by atoms with Gasteiger partial charge in [-0.25, -0.2) is 9.78 Å². The molecule has 6 nitrogen and oxygen atoms in total. The zero-order valence-corrected chi connectivity index (χ0v) is 15.2. The lowest BCUT2D eigenvalue weighted by atomic mass is 10.2. The summed E-state index contributed by atoms with van der Waals surface area (Å²) >= 11 is 1.46. The molecule has 0 unspecified atom stereocenters. The highest BCUT2D eigenvalue weighted by Gasteiger charge is 2.15. The van der Waals surface area contributed by atoms with E-state index in [2.05, 4.69) is 31.1 Å². The van der Waals surface area contributed by atoms with Crippen molar-refractivity contribution in [3.63, 3.8) is 0 Å². The summed E-state index contributed by atoms with van der Waals surface area (Å²) in [6.45, 7) is 8.16. The Balaban J connectivity index is 1.85. The molecule has 133 valence electrons. The number of anilines is 2. The van der Waals surface area contributed by atoms with Gasteiger partial charge in [0.25, 0.3) is 0 Å². The van der Waals surface area contributed by atoms with E-state index in [1.54, 1.807) is 30.5 Å². The predicted molar refractivity (Wildman–Crippen MR) is 100 cm³/mol. The Kier molecular flexibility index (Phi) is 6.52. The van der Waals surface area contributed by atoms with Crippen LogP contribution in [0.4, 0.5) is 15.6 Å². The van der Waals surface area contributed by atoms with E-state index in [1.807, 2.05) is 0 Å². The second kappa shape index (κ2) is 8.62. The molecule has 0 spiro atoms. The topological polar surface area (TPSA) is 82.5 Å². The van der Waals surface area contributed by atoms with E-state index < -0.39 is 6.09 Å². The van der Waals surface area contributed by atoms with Crippen molar-refractivity contribution in [1.29, 1.82) is 0 Å². The minimum Gasteiger partial charge on any atom is -0.465 e. The number of carboxylic acid groups (broad SMARTS) is 1. The summed E-state index contributed by atoms with van der Waals surface area (Å²) in [6, 6.07) is 6.93. The SMILES string of the molecule is [CH2]c1ccc(N(CCCC(=O)Nc2ncc(C(C)C)s2)C(=O)O)cc1. The lowest BCUT2D eigenvalue weighted by Crippen LogP contribution is -2.30. The molecular formula is C18H22N3O3S. The summed E-state index contributed by atoms with van der Waals surface area (Å²) in [5, 5.41) is 12.7. The lowest BCUT2D eigenvalue weighted by molar-refractivity contribution is -0.116. The van der Waals surface area contributed by atoms with Crippen LogP contribution < -0.4 is 10.2 Å². The van der Waals surface area contributed by atoms with Crippen LogP contribution >= 0.6 is 11.3 Å². The molecule has 25 heavy (non-hydrogen) atoms. The van der Waals surface area contributed by atoms with Gasteiger partial charge in [0.15, 0.2) is 5.13 Å². The minimum atomic E-state index is -1.04. The Bertz CT molecular complexity index is 725. The van der Waals surface area contributed by atoms with Crippen molar-refractivity contribution >= 4 is 34.2 Å². The average molecular weight is 360 g/mol. The van der Waals surface area contributed by atoms with Gasteiger partial charge in [-0.1, -0.05) is 26.0 Å². The van der Waals surface area contributed by atoms with Crippen LogP contribution in [0.25, 0.3) is 0 Å². The molecular weight excluding hydrogens is 338 g/mol. The largest absolute Gasteiger partial charge is 0.465 e. The first-order valence-corrected chi connectivity index (χ1v) is 8.86. The van der Waals surface area contributed by atoms with E-state index >= 15 is 0 Å². The van der Waals surface area contributed by atoms with Crippen molar-refractivity contribution < 1.29 is 14.7 Å². The summed E-state index contributed by atoms with van der Waals surface area (Å²) in [4.78, 5) is 29.9. The number of benzene rings is 1. The first kappa shape index (κ1) is 18.9. The third-order valence-electron chi connectivity index (χ3n) is 3.60. The fourth-order valence-corrected chi connectivity index (χ4v) is 3.04. The van der Waals surface area contributed by atoms with E-state index in [1.165, 1.54) is 16.2 Å². The maximum Gasteiger partial charge on any atom is 0.411 e. The lowest BCUT2D eigenvalue weighted by Gasteiger charge is -2.19. The summed E-state index contributed by atoms with van der Waals surface area (Å²) in [6.07, 6.45) is 1.38. The third-order valence-corrected chi connectivity index (χ3v) is 4.82. The third kappa shape index (κ3) is 5.56. The van der Waals surface area contributed by atoms with Gasteiger partial charge in [-0.05, 0) is 37.0 Å². The molecule has 7 heteroatoms. The van der Waals surface area contributed by atoms with Gasteiger partial charge in [0.1, 0.15) is 0 Å². The molecule has 0 fully saturated rings. The fourth-order valence-electron chi connectivity index (χ4n) is 2.20. The molecule has 0 aliphatic carbocycles. The van der Waals surface area contributed by atoms with Gasteiger partial charge in [0, 0.05) is 29.7 Å². The van der Waals surface area contributed by atoms with Crippen molar-refractivity contribution in [3.05, 3.63) is 47.8 Å². The van der Waals surface area contributed by atoms with Gasteiger partial charge in [-0.2, -0.15) is 0 Å². The van der Waals surface area contributed by atoms with E-state index in [4.69, 9.17) is 0 Å². The Morgan fingerprint density at radius 2 is 2.00 bits per heavy atom. The van der Waals surface area contributed by atoms with Crippen LogP contribution in [0, 0.1) is 6.92 Å². The first-order valence-electron chi connectivity index (χ1n) is 8.05. The maximum atomic E-state index is 12.0. The number of hydrogen-bond acceptors (Lipinski definition) is 4.